The predicted molar refractivity (Wildman–Crippen MR) is 295 cm³/mol. The summed E-state index contributed by atoms with van der Waals surface area (Å²) in [6.07, 6.45) is 0. The van der Waals surface area contributed by atoms with Crippen LogP contribution in [0.15, 0.2) is 236 Å². The summed E-state index contributed by atoms with van der Waals surface area (Å²) in [5, 5.41) is 13.2. The molecule has 17 aromatic rings. The smallest absolute Gasteiger partial charge is 0.145 e. The monoisotopic (exact) mass is 920 g/mol. The zero-order valence-electron chi connectivity index (χ0n) is 38.3. The molecule has 0 saturated carbocycles. The normalized spacial score (nSPS) is 12.4. The maximum absolute atomic E-state index is 6.89. The second kappa shape index (κ2) is 13.9. The Bertz CT molecular complexity index is 4830. The van der Waals surface area contributed by atoms with Gasteiger partial charge in [-0.25, -0.2) is 0 Å². The molecule has 6 nitrogen and oxygen atoms in total. The predicted octanol–water partition coefficient (Wildman–Crippen LogP) is 18.8. The van der Waals surface area contributed by atoms with Crippen LogP contribution in [0.3, 0.4) is 0 Å². The van der Waals surface area contributed by atoms with E-state index in [0.29, 0.717) is 0 Å². The number of nitrogens with zero attached hydrogens (tertiary/aromatic N) is 2. The Hall–Kier alpha value is -9.78. The Balaban J connectivity index is 0.939. The Morgan fingerprint density at radius 2 is 0.583 bits per heavy atom. The summed E-state index contributed by atoms with van der Waals surface area (Å²) in [5.74, 6) is 0. The zero-order chi connectivity index (χ0) is 46.8. The van der Waals surface area contributed by atoms with E-state index >= 15 is 0 Å². The molecule has 0 amide bonds. The highest BCUT2D eigenvalue weighted by atomic mass is 16.3. The van der Waals surface area contributed by atoms with Crippen molar-refractivity contribution in [3.63, 3.8) is 0 Å². The molecule has 0 radical (unpaired) electrons. The van der Waals surface area contributed by atoms with Gasteiger partial charge >= 0.3 is 0 Å². The minimum atomic E-state index is 0.867. The van der Waals surface area contributed by atoms with Crippen LogP contribution in [0.2, 0.25) is 0 Å². The highest BCUT2D eigenvalue weighted by Crippen LogP contribution is 2.47. The maximum atomic E-state index is 6.89. The standard InChI is InChI=1S/C66H36N2O4/c1-5-19-57-43(11-1)47-17-9-15-41(63(47)69-57)37-23-27-39(28-24-37)67-53-33-31-49-45-13-3-7-21-59(45)71-65(49)61(53)51-35-52-56(36-55(51)67)68(54-34-32-50-46-14-4-8-22-60(46)72-66(50)62(52)54)40-29-25-38(26-30-40)42-16-10-18-48-44-12-2-6-20-58(44)70-64(42)48/h1-36H. The largest absolute Gasteiger partial charge is 0.455 e. The fourth-order valence-corrected chi connectivity index (χ4v) is 12.1. The van der Waals surface area contributed by atoms with E-state index in [1.165, 1.54) is 0 Å². The first-order valence-corrected chi connectivity index (χ1v) is 24.4. The minimum absolute atomic E-state index is 0.867. The third-order valence-electron chi connectivity index (χ3n) is 15.3. The third kappa shape index (κ3) is 5.06. The van der Waals surface area contributed by atoms with Gasteiger partial charge in [-0.1, -0.05) is 133 Å². The molecule has 72 heavy (non-hydrogen) atoms. The quantitative estimate of drug-likeness (QED) is 0.176. The molecule has 0 aliphatic rings. The summed E-state index contributed by atoms with van der Waals surface area (Å²) in [7, 11) is 0. The van der Waals surface area contributed by atoms with Crippen molar-refractivity contribution in [3.8, 4) is 33.6 Å². The summed E-state index contributed by atoms with van der Waals surface area (Å²) in [4.78, 5) is 0. The molecule has 17 rings (SSSR count). The summed E-state index contributed by atoms with van der Waals surface area (Å²) < 4.78 is 31.6. The van der Waals surface area contributed by atoms with Crippen LogP contribution in [0.25, 0.3) is 165 Å². The van der Waals surface area contributed by atoms with Crippen LogP contribution in [0.1, 0.15) is 0 Å². The summed E-state index contributed by atoms with van der Waals surface area (Å²) in [5.41, 5.74) is 17.7. The molecule has 0 fully saturated rings. The van der Waals surface area contributed by atoms with Crippen molar-refractivity contribution in [2.75, 3.05) is 0 Å². The second-order valence-electron chi connectivity index (χ2n) is 19.1. The van der Waals surface area contributed by atoms with E-state index < -0.39 is 0 Å². The molecule has 0 aliphatic carbocycles. The molecule has 0 unspecified atom stereocenters. The average Bonchev–Trinajstić information content (AvgIpc) is 4.29. The molecule has 6 aromatic heterocycles. The molecule has 6 heteroatoms. The molecule has 0 aliphatic heterocycles. The first kappa shape index (κ1) is 38.1. The van der Waals surface area contributed by atoms with E-state index in [0.717, 1.165) is 165 Å². The van der Waals surface area contributed by atoms with Gasteiger partial charge in [0.15, 0.2) is 0 Å². The SMILES string of the molecule is c1ccc2c(c1)oc1c(-c3ccc(-n4c5cc6c(cc5c5c7oc8ccccc8c7ccc54)c4c5oc7ccccc7c5ccc4n6-c4ccc(-c5cccc6c5oc5ccccc56)cc4)cc3)cccc12. The fourth-order valence-electron chi connectivity index (χ4n) is 12.1. The Morgan fingerprint density at radius 3 is 0.986 bits per heavy atom. The molecular weight excluding hydrogens is 885 g/mol. The molecule has 11 aromatic carbocycles. The summed E-state index contributed by atoms with van der Waals surface area (Å²) in [6.45, 7) is 0. The van der Waals surface area contributed by atoms with Gasteiger partial charge in [0.2, 0.25) is 0 Å². The number of para-hydroxylation sites is 6. The topological polar surface area (TPSA) is 62.4 Å². The number of hydrogen-bond donors (Lipinski definition) is 0. The molecule has 334 valence electrons. The molecule has 0 spiro atoms. The van der Waals surface area contributed by atoms with Crippen LogP contribution in [0.4, 0.5) is 0 Å². The van der Waals surface area contributed by atoms with Gasteiger partial charge in [-0.15, -0.1) is 0 Å². The number of rotatable bonds is 4. The van der Waals surface area contributed by atoms with E-state index in [-0.39, 0.29) is 0 Å². The lowest BCUT2D eigenvalue weighted by Gasteiger charge is -2.12. The molecular formula is C66H36N2O4. The van der Waals surface area contributed by atoms with Crippen molar-refractivity contribution < 1.29 is 17.7 Å². The van der Waals surface area contributed by atoms with Gasteiger partial charge in [-0.2, -0.15) is 0 Å². The van der Waals surface area contributed by atoms with Gasteiger partial charge in [0.1, 0.15) is 44.7 Å². The van der Waals surface area contributed by atoms with E-state index in [2.05, 4.69) is 191 Å². The maximum Gasteiger partial charge on any atom is 0.145 e. The second-order valence-corrected chi connectivity index (χ2v) is 19.1. The average molecular weight is 921 g/mol. The van der Waals surface area contributed by atoms with Gasteiger partial charge < -0.3 is 26.8 Å². The molecule has 0 atom stereocenters. The van der Waals surface area contributed by atoms with Crippen molar-refractivity contribution in [2.24, 2.45) is 0 Å². The van der Waals surface area contributed by atoms with E-state index in [9.17, 15) is 0 Å². The van der Waals surface area contributed by atoms with Gasteiger partial charge in [0.25, 0.3) is 0 Å². The van der Waals surface area contributed by atoms with Gasteiger partial charge in [-0.05, 0) is 96.1 Å². The van der Waals surface area contributed by atoms with Crippen LogP contribution in [-0.4, -0.2) is 9.13 Å². The number of hydrogen-bond acceptors (Lipinski definition) is 4. The number of benzene rings is 11. The highest BCUT2D eigenvalue weighted by molar-refractivity contribution is 6.30. The van der Waals surface area contributed by atoms with Gasteiger partial charge in [-0.3, -0.25) is 0 Å². The van der Waals surface area contributed by atoms with Crippen molar-refractivity contribution >= 4 is 131 Å². The molecule has 0 bridgehead atoms. The van der Waals surface area contributed by atoms with Crippen molar-refractivity contribution in [2.45, 2.75) is 0 Å². The lowest BCUT2D eigenvalue weighted by molar-refractivity contribution is 0.669. The first-order valence-electron chi connectivity index (χ1n) is 24.4. The first-order chi connectivity index (χ1) is 35.7. The van der Waals surface area contributed by atoms with E-state index in [1.54, 1.807) is 0 Å². The Kier molecular flexibility index (Phi) is 7.38. The Morgan fingerprint density at radius 1 is 0.236 bits per heavy atom. The summed E-state index contributed by atoms with van der Waals surface area (Å²) in [6, 6.07) is 77.6. The molecule has 0 saturated heterocycles. The minimum Gasteiger partial charge on any atom is -0.455 e. The van der Waals surface area contributed by atoms with Gasteiger partial charge in [0.05, 0.1) is 32.8 Å². The van der Waals surface area contributed by atoms with Crippen molar-refractivity contribution in [1.29, 1.82) is 0 Å². The number of aromatic nitrogens is 2. The lowest BCUT2D eigenvalue weighted by atomic mass is 10.0. The van der Waals surface area contributed by atoms with Crippen LogP contribution < -0.4 is 0 Å². The van der Waals surface area contributed by atoms with Crippen molar-refractivity contribution in [3.05, 3.63) is 218 Å². The lowest BCUT2D eigenvalue weighted by Crippen LogP contribution is -1.96. The van der Waals surface area contributed by atoms with E-state index in [1.807, 2.05) is 36.4 Å². The van der Waals surface area contributed by atoms with Crippen LogP contribution in [0.5, 0.6) is 0 Å². The van der Waals surface area contributed by atoms with Crippen LogP contribution >= 0.6 is 0 Å². The molecule has 0 N–H and O–H groups in total. The Labute approximate surface area is 408 Å². The fraction of sp³-hybridized carbons (Fsp3) is 0. The number of fused-ring (bicyclic) bond motifs is 20. The number of furan rings is 4. The van der Waals surface area contributed by atoms with E-state index in [4.69, 9.17) is 17.7 Å². The van der Waals surface area contributed by atoms with Crippen LogP contribution in [-0.2, 0) is 0 Å². The van der Waals surface area contributed by atoms with Crippen LogP contribution in [0, 0.1) is 0 Å². The van der Waals surface area contributed by atoms with Gasteiger partial charge in [0, 0.05) is 76.4 Å². The zero-order valence-corrected chi connectivity index (χ0v) is 38.3. The highest BCUT2D eigenvalue weighted by Gasteiger charge is 2.25. The summed E-state index contributed by atoms with van der Waals surface area (Å²) >= 11 is 0. The van der Waals surface area contributed by atoms with Crippen molar-refractivity contribution in [1.82, 2.24) is 9.13 Å². The molecule has 6 heterocycles. The third-order valence-corrected chi connectivity index (χ3v) is 15.3.